The summed E-state index contributed by atoms with van der Waals surface area (Å²) < 4.78 is 5.44. The lowest BCUT2D eigenvalue weighted by Crippen LogP contribution is -2.22. The lowest BCUT2D eigenvalue weighted by molar-refractivity contribution is 0.0948. The number of anilines is 2. The monoisotopic (exact) mass is 322 g/mol. The molecule has 0 saturated heterocycles. The first-order valence-electron chi connectivity index (χ1n) is 7.61. The number of benzene rings is 1. The van der Waals surface area contributed by atoms with Crippen molar-refractivity contribution < 1.29 is 9.21 Å². The van der Waals surface area contributed by atoms with E-state index in [1.807, 2.05) is 50.2 Å². The van der Waals surface area contributed by atoms with E-state index in [1.165, 1.54) is 0 Å². The third-order valence-electron chi connectivity index (χ3n) is 3.41. The van der Waals surface area contributed by atoms with E-state index in [4.69, 9.17) is 4.42 Å². The Balaban J connectivity index is 1.65. The zero-order valence-electron chi connectivity index (χ0n) is 13.5. The summed E-state index contributed by atoms with van der Waals surface area (Å²) in [6.07, 6.45) is 0. The molecular weight excluding hydrogens is 304 g/mol. The predicted molar refractivity (Wildman–Crippen MR) is 91.1 cm³/mol. The van der Waals surface area contributed by atoms with E-state index < -0.39 is 0 Å². The molecule has 2 N–H and O–H groups in total. The fraction of sp³-hybridized carbons (Fsp3) is 0.167. The van der Waals surface area contributed by atoms with Gasteiger partial charge in [-0.2, -0.15) is 5.10 Å². The fourth-order valence-corrected chi connectivity index (χ4v) is 2.20. The van der Waals surface area contributed by atoms with Crippen LogP contribution in [0.5, 0.6) is 0 Å². The minimum Gasteiger partial charge on any atom is -0.465 e. The van der Waals surface area contributed by atoms with E-state index in [1.54, 1.807) is 12.1 Å². The molecule has 2 aromatic heterocycles. The van der Waals surface area contributed by atoms with E-state index in [-0.39, 0.29) is 5.91 Å². The number of amides is 1. The second kappa shape index (κ2) is 6.95. The van der Waals surface area contributed by atoms with Crippen LogP contribution >= 0.6 is 0 Å². The quantitative estimate of drug-likeness (QED) is 0.753. The van der Waals surface area contributed by atoms with Crippen LogP contribution in [-0.4, -0.2) is 16.1 Å². The van der Waals surface area contributed by atoms with Crippen LogP contribution in [0.2, 0.25) is 0 Å². The van der Waals surface area contributed by atoms with Gasteiger partial charge in [-0.05, 0) is 56.3 Å². The van der Waals surface area contributed by atoms with Gasteiger partial charge in [0.15, 0.2) is 5.82 Å². The summed E-state index contributed by atoms with van der Waals surface area (Å²) in [5.74, 6) is 2.02. The van der Waals surface area contributed by atoms with Gasteiger partial charge in [0.25, 0.3) is 5.91 Å². The Morgan fingerprint density at radius 3 is 2.67 bits per heavy atom. The molecule has 0 atom stereocenters. The molecule has 0 radical (unpaired) electrons. The van der Waals surface area contributed by atoms with Gasteiger partial charge in [-0.25, -0.2) is 0 Å². The van der Waals surface area contributed by atoms with Crippen LogP contribution in [0.4, 0.5) is 11.5 Å². The van der Waals surface area contributed by atoms with Gasteiger partial charge in [-0.1, -0.05) is 6.07 Å². The number of aromatic nitrogens is 2. The topological polar surface area (TPSA) is 80.0 Å². The van der Waals surface area contributed by atoms with Crippen LogP contribution in [0.1, 0.15) is 27.6 Å². The molecule has 1 amide bonds. The molecule has 0 spiro atoms. The summed E-state index contributed by atoms with van der Waals surface area (Å²) in [5, 5.41) is 14.0. The number of furan rings is 1. The minimum absolute atomic E-state index is 0.164. The first-order valence-corrected chi connectivity index (χ1v) is 7.61. The molecule has 1 aromatic carbocycles. The Labute approximate surface area is 139 Å². The zero-order chi connectivity index (χ0) is 16.9. The third kappa shape index (κ3) is 3.98. The summed E-state index contributed by atoms with van der Waals surface area (Å²) in [6.45, 7) is 4.10. The van der Waals surface area contributed by atoms with Crippen molar-refractivity contribution in [2.75, 3.05) is 5.32 Å². The number of nitrogens with zero attached hydrogens (tertiary/aromatic N) is 2. The van der Waals surface area contributed by atoms with Crippen molar-refractivity contribution in [1.29, 1.82) is 0 Å². The molecule has 0 saturated carbocycles. The maximum Gasteiger partial charge on any atom is 0.251 e. The average molecular weight is 322 g/mol. The van der Waals surface area contributed by atoms with Gasteiger partial charge in [-0.15, -0.1) is 5.10 Å². The molecular formula is C18H18N4O2. The molecule has 122 valence electrons. The van der Waals surface area contributed by atoms with Crippen molar-refractivity contribution in [3.63, 3.8) is 0 Å². The van der Waals surface area contributed by atoms with Gasteiger partial charge in [-0.3, -0.25) is 4.79 Å². The van der Waals surface area contributed by atoms with Crippen molar-refractivity contribution in [2.24, 2.45) is 0 Å². The van der Waals surface area contributed by atoms with Crippen LogP contribution in [0, 0.1) is 13.8 Å². The first-order chi connectivity index (χ1) is 11.6. The Bertz CT molecular complexity index is 840. The van der Waals surface area contributed by atoms with Crippen molar-refractivity contribution in [2.45, 2.75) is 20.4 Å². The molecule has 0 aliphatic carbocycles. The number of carbonyl (C=O) groups is 1. The van der Waals surface area contributed by atoms with Crippen molar-refractivity contribution >= 4 is 17.4 Å². The molecule has 3 aromatic rings. The van der Waals surface area contributed by atoms with Gasteiger partial charge in [0.05, 0.1) is 12.2 Å². The summed E-state index contributed by atoms with van der Waals surface area (Å²) in [7, 11) is 0. The number of rotatable bonds is 5. The Hall–Kier alpha value is -3.15. The Kier molecular flexibility index (Phi) is 4.56. The summed E-state index contributed by atoms with van der Waals surface area (Å²) in [6, 6.07) is 14.6. The second-order valence-corrected chi connectivity index (χ2v) is 5.46. The lowest BCUT2D eigenvalue weighted by atomic mass is 10.2. The van der Waals surface area contributed by atoms with Crippen LogP contribution in [0.3, 0.4) is 0 Å². The fourth-order valence-electron chi connectivity index (χ4n) is 2.20. The van der Waals surface area contributed by atoms with Gasteiger partial charge in [0.2, 0.25) is 0 Å². The molecule has 6 nitrogen and oxygen atoms in total. The van der Waals surface area contributed by atoms with Gasteiger partial charge >= 0.3 is 0 Å². The highest BCUT2D eigenvalue weighted by Gasteiger charge is 2.08. The lowest BCUT2D eigenvalue weighted by Gasteiger charge is -2.08. The van der Waals surface area contributed by atoms with E-state index >= 15 is 0 Å². The molecule has 24 heavy (non-hydrogen) atoms. The Morgan fingerprint density at radius 2 is 1.96 bits per heavy atom. The number of hydrogen-bond donors (Lipinski definition) is 2. The van der Waals surface area contributed by atoms with E-state index in [0.29, 0.717) is 17.9 Å². The van der Waals surface area contributed by atoms with Crippen LogP contribution in [-0.2, 0) is 6.54 Å². The van der Waals surface area contributed by atoms with Crippen molar-refractivity contribution in [3.05, 3.63) is 71.3 Å². The number of carbonyl (C=O) groups excluding carboxylic acids is 1. The molecule has 0 unspecified atom stereocenters. The van der Waals surface area contributed by atoms with Gasteiger partial charge in [0, 0.05) is 11.3 Å². The summed E-state index contributed by atoms with van der Waals surface area (Å²) in [5.41, 5.74) is 2.18. The second-order valence-electron chi connectivity index (χ2n) is 5.46. The highest BCUT2D eigenvalue weighted by atomic mass is 16.3. The average Bonchev–Trinajstić information content (AvgIpc) is 3.00. The summed E-state index contributed by atoms with van der Waals surface area (Å²) in [4.78, 5) is 12.3. The minimum atomic E-state index is -0.164. The van der Waals surface area contributed by atoms with E-state index in [9.17, 15) is 4.79 Å². The standard InChI is InChI=1S/C18H18N4O2/c1-12-6-9-17(22-21-12)20-15-5-3-4-14(10-15)18(23)19-11-16-8-7-13(2)24-16/h3-10H,11H2,1-2H3,(H,19,23)(H,20,22). The van der Waals surface area contributed by atoms with Crippen LogP contribution in [0.25, 0.3) is 0 Å². The SMILES string of the molecule is Cc1ccc(Nc2cccc(C(=O)NCc3ccc(C)o3)c2)nn1. The first kappa shape index (κ1) is 15.7. The molecule has 0 fully saturated rings. The van der Waals surface area contributed by atoms with Crippen molar-refractivity contribution in [3.8, 4) is 0 Å². The van der Waals surface area contributed by atoms with Crippen LogP contribution in [0.15, 0.2) is 52.9 Å². The largest absolute Gasteiger partial charge is 0.465 e. The molecule has 0 bridgehead atoms. The van der Waals surface area contributed by atoms with Crippen molar-refractivity contribution in [1.82, 2.24) is 15.5 Å². The van der Waals surface area contributed by atoms with Gasteiger partial charge in [0.1, 0.15) is 11.5 Å². The molecule has 2 heterocycles. The number of nitrogens with one attached hydrogen (secondary N) is 2. The van der Waals surface area contributed by atoms with Crippen LogP contribution < -0.4 is 10.6 Å². The zero-order valence-corrected chi connectivity index (χ0v) is 13.5. The summed E-state index contributed by atoms with van der Waals surface area (Å²) >= 11 is 0. The number of hydrogen-bond acceptors (Lipinski definition) is 5. The highest BCUT2D eigenvalue weighted by molar-refractivity contribution is 5.95. The predicted octanol–water partition coefficient (Wildman–Crippen LogP) is 3.36. The highest BCUT2D eigenvalue weighted by Crippen LogP contribution is 2.16. The molecule has 6 heteroatoms. The third-order valence-corrected chi connectivity index (χ3v) is 3.41. The van der Waals surface area contributed by atoms with E-state index in [2.05, 4.69) is 20.8 Å². The number of aryl methyl sites for hydroxylation is 2. The maximum absolute atomic E-state index is 12.3. The molecule has 3 rings (SSSR count). The molecule has 0 aliphatic heterocycles. The maximum atomic E-state index is 12.3. The van der Waals surface area contributed by atoms with E-state index in [0.717, 1.165) is 22.9 Å². The molecule has 0 aliphatic rings. The smallest absolute Gasteiger partial charge is 0.251 e. The normalized spacial score (nSPS) is 10.4. The van der Waals surface area contributed by atoms with Gasteiger partial charge < -0.3 is 15.1 Å². The Morgan fingerprint density at radius 1 is 1.08 bits per heavy atom.